The van der Waals surface area contributed by atoms with Crippen molar-refractivity contribution in [2.75, 3.05) is 31.1 Å². The van der Waals surface area contributed by atoms with Crippen LogP contribution in [0.15, 0.2) is 47.1 Å². The highest BCUT2D eigenvalue weighted by molar-refractivity contribution is 6.30. The van der Waals surface area contributed by atoms with E-state index < -0.39 is 0 Å². The van der Waals surface area contributed by atoms with Crippen molar-refractivity contribution < 1.29 is 4.42 Å². The van der Waals surface area contributed by atoms with E-state index in [4.69, 9.17) is 16.0 Å². The SMILES string of the molecule is CCC(c1nnnn1Cc1ccco1)N1CCN(c2cccc(Cl)c2)CC1. The van der Waals surface area contributed by atoms with Crippen LogP contribution in [-0.2, 0) is 6.54 Å². The summed E-state index contributed by atoms with van der Waals surface area (Å²) in [6.07, 6.45) is 2.63. The van der Waals surface area contributed by atoms with E-state index in [2.05, 4.69) is 38.3 Å². The van der Waals surface area contributed by atoms with Gasteiger partial charge < -0.3 is 9.32 Å². The third kappa shape index (κ3) is 3.99. The summed E-state index contributed by atoms with van der Waals surface area (Å²) in [6.45, 7) is 6.55. The lowest BCUT2D eigenvalue weighted by molar-refractivity contribution is 0.169. The van der Waals surface area contributed by atoms with Crippen molar-refractivity contribution in [2.45, 2.75) is 25.9 Å². The Bertz CT molecular complexity index is 857. The molecule has 4 rings (SSSR count). The van der Waals surface area contributed by atoms with Crippen molar-refractivity contribution in [1.29, 1.82) is 0 Å². The van der Waals surface area contributed by atoms with Crippen molar-refractivity contribution in [3.05, 3.63) is 59.3 Å². The van der Waals surface area contributed by atoms with E-state index in [1.54, 1.807) is 6.26 Å². The Hall–Kier alpha value is -2.38. The minimum absolute atomic E-state index is 0.191. The van der Waals surface area contributed by atoms with Gasteiger partial charge in [0.15, 0.2) is 5.82 Å². The molecule has 0 radical (unpaired) electrons. The van der Waals surface area contributed by atoms with E-state index in [0.717, 1.165) is 49.2 Å². The zero-order chi connectivity index (χ0) is 18.6. The third-order valence-corrected chi connectivity index (χ3v) is 5.29. The number of halogens is 1. The first kappa shape index (κ1) is 18.0. The molecule has 0 N–H and O–H groups in total. The van der Waals surface area contributed by atoms with Crippen LogP contribution >= 0.6 is 11.6 Å². The van der Waals surface area contributed by atoms with Gasteiger partial charge in [-0.2, -0.15) is 0 Å². The third-order valence-electron chi connectivity index (χ3n) is 5.06. The molecule has 0 amide bonds. The lowest BCUT2D eigenvalue weighted by Crippen LogP contribution is -2.48. The molecule has 2 aromatic heterocycles. The van der Waals surface area contributed by atoms with Gasteiger partial charge in [-0.05, 0) is 47.2 Å². The lowest BCUT2D eigenvalue weighted by atomic mass is 10.1. The second-order valence-electron chi connectivity index (χ2n) is 6.70. The van der Waals surface area contributed by atoms with E-state index >= 15 is 0 Å². The zero-order valence-corrected chi connectivity index (χ0v) is 16.1. The highest BCUT2D eigenvalue weighted by Crippen LogP contribution is 2.26. The molecule has 7 nitrogen and oxygen atoms in total. The number of hydrogen-bond acceptors (Lipinski definition) is 6. The molecule has 1 atom stereocenters. The average molecular weight is 387 g/mol. The van der Waals surface area contributed by atoms with Crippen molar-refractivity contribution in [3.63, 3.8) is 0 Å². The summed E-state index contributed by atoms with van der Waals surface area (Å²) >= 11 is 6.14. The molecule has 1 aromatic carbocycles. The Balaban J connectivity index is 1.45. The number of furan rings is 1. The normalized spacial score (nSPS) is 16.6. The maximum atomic E-state index is 6.14. The lowest BCUT2D eigenvalue weighted by Gasteiger charge is -2.39. The van der Waals surface area contributed by atoms with Crippen LogP contribution in [0.25, 0.3) is 0 Å². The molecule has 8 heteroatoms. The molecule has 1 aliphatic heterocycles. The fourth-order valence-electron chi connectivity index (χ4n) is 3.68. The monoisotopic (exact) mass is 386 g/mol. The number of hydrogen-bond donors (Lipinski definition) is 0. The van der Waals surface area contributed by atoms with Crippen molar-refractivity contribution in [3.8, 4) is 0 Å². The summed E-state index contributed by atoms with van der Waals surface area (Å²) < 4.78 is 7.29. The largest absolute Gasteiger partial charge is 0.467 e. The van der Waals surface area contributed by atoms with E-state index in [9.17, 15) is 0 Å². The molecule has 1 unspecified atom stereocenters. The summed E-state index contributed by atoms with van der Waals surface area (Å²) in [5.41, 5.74) is 1.18. The van der Waals surface area contributed by atoms with Crippen LogP contribution in [0.5, 0.6) is 0 Å². The molecule has 0 saturated carbocycles. The van der Waals surface area contributed by atoms with Crippen molar-refractivity contribution in [1.82, 2.24) is 25.1 Å². The van der Waals surface area contributed by atoms with E-state index in [-0.39, 0.29) is 6.04 Å². The highest BCUT2D eigenvalue weighted by atomic mass is 35.5. The predicted octanol–water partition coefficient (Wildman–Crippen LogP) is 3.24. The molecule has 3 heterocycles. The maximum Gasteiger partial charge on any atom is 0.168 e. The molecule has 142 valence electrons. The smallest absolute Gasteiger partial charge is 0.168 e. The van der Waals surface area contributed by atoms with Crippen LogP contribution in [0.1, 0.15) is 31.0 Å². The Morgan fingerprint density at radius 1 is 1.15 bits per heavy atom. The van der Waals surface area contributed by atoms with E-state index in [1.807, 2.05) is 35.0 Å². The maximum absolute atomic E-state index is 6.14. The van der Waals surface area contributed by atoms with Crippen LogP contribution in [-0.4, -0.2) is 51.3 Å². The minimum atomic E-state index is 0.191. The predicted molar refractivity (Wildman–Crippen MR) is 104 cm³/mol. The van der Waals surface area contributed by atoms with Crippen LogP contribution < -0.4 is 4.90 Å². The fraction of sp³-hybridized carbons (Fsp3) is 0.421. The van der Waals surface area contributed by atoms with Crippen molar-refractivity contribution >= 4 is 17.3 Å². The highest BCUT2D eigenvalue weighted by Gasteiger charge is 2.28. The fourth-order valence-corrected chi connectivity index (χ4v) is 3.87. The number of benzene rings is 1. The number of aromatic nitrogens is 4. The van der Waals surface area contributed by atoms with Gasteiger partial charge in [0, 0.05) is 36.9 Å². The molecule has 1 saturated heterocycles. The molecule has 1 fully saturated rings. The molecule has 0 aliphatic carbocycles. The van der Waals surface area contributed by atoms with Crippen LogP contribution in [0.3, 0.4) is 0 Å². The van der Waals surface area contributed by atoms with Gasteiger partial charge >= 0.3 is 0 Å². The second kappa shape index (κ2) is 8.10. The summed E-state index contributed by atoms with van der Waals surface area (Å²) in [5, 5.41) is 13.2. The summed E-state index contributed by atoms with van der Waals surface area (Å²) in [5.74, 6) is 1.74. The topological polar surface area (TPSA) is 63.2 Å². The van der Waals surface area contributed by atoms with Crippen LogP contribution in [0.2, 0.25) is 5.02 Å². The number of rotatable bonds is 6. The molecule has 3 aromatic rings. The first-order chi connectivity index (χ1) is 13.2. The standard InChI is InChI=1S/C19H23ClN6O/c1-2-18(19-21-22-23-26(19)14-17-7-4-12-27-17)25-10-8-24(9-11-25)16-6-3-5-15(20)13-16/h3-7,12-13,18H,2,8-11,14H2,1H3. The Morgan fingerprint density at radius 3 is 2.70 bits per heavy atom. The van der Waals surface area contributed by atoms with Gasteiger partial charge in [-0.25, -0.2) is 4.68 Å². The number of nitrogens with zero attached hydrogens (tertiary/aromatic N) is 6. The van der Waals surface area contributed by atoms with Gasteiger partial charge in [-0.3, -0.25) is 4.90 Å². The molecular weight excluding hydrogens is 364 g/mol. The molecule has 27 heavy (non-hydrogen) atoms. The Morgan fingerprint density at radius 2 is 2.00 bits per heavy atom. The minimum Gasteiger partial charge on any atom is -0.467 e. The van der Waals surface area contributed by atoms with Gasteiger partial charge in [-0.15, -0.1) is 5.10 Å². The molecular formula is C19H23ClN6O. The van der Waals surface area contributed by atoms with Gasteiger partial charge in [0.25, 0.3) is 0 Å². The number of anilines is 1. The second-order valence-corrected chi connectivity index (χ2v) is 7.14. The summed E-state index contributed by atoms with van der Waals surface area (Å²) in [7, 11) is 0. The summed E-state index contributed by atoms with van der Waals surface area (Å²) in [4.78, 5) is 4.84. The summed E-state index contributed by atoms with van der Waals surface area (Å²) in [6, 6.07) is 12.1. The average Bonchev–Trinajstić information content (AvgIpc) is 3.36. The number of piperazine rings is 1. The van der Waals surface area contributed by atoms with Gasteiger partial charge in [0.05, 0.1) is 12.3 Å². The molecule has 0 bridgehead atoms. The van der Waals surface area contributed by atoms with Gasteiger partial charge in [0.1, 0.15) is 12.3 Å². The van der Waals surface area contributed by atoms with E-state index in [1.165, 1.54) is 5.69 Å². The zero-order valence-electron chi connectivity index (χ0n) is 15.3. The first-order valence-corrected chi connectivity index (χ1v) is 9.65. The molecule has 1 aliphatic rings. The van der Waals surface area contributed by atoms with Crippen LogP contribution in [0, 0.1) is 0 Å². The first-order valence-electron chi connectivity index (χ1n) is 9.27. The molecule has 0 spiro atoms. The van der Waals surface area contributed by atoms with Gasteiger partial charge in [-0.1, -0.05) is 24.6 Å². The quantitative estimate of drug-likeness (QED) is 0.648. The van der Waals surface area contributed by atoms with Gasteiger partial charge in [0.2, 0.25) is 0 Å². The van der Waals surface area contributed by atoms with Crippen LogP contribution in [0.4, 0.5) is 5.69 Å². The Labute approximate surface area is 163 Å². The Kier molecular flexibility index (Phi) is 5.40. The van der Waals surface area contributed by atoms with E-state index in [0.29, 0.717) is 6.54 Å². The van der Waals surface area contributed by atoms with Crippen molar-refractivity contribution in [2.24, 2.45) is 0 Å². The number of tetrazole rings is 1.